The SMILES string of the molecule is C=CCOc1ccc2c(c1)[C@H]1[C@H](CCCCO)[C@@H](CCCCO)C=C3C(=NOC)C[C@H](N(C)C(=O)CCC4CCCC4)[C@@](OCC=C)(O2)[C@H]31. The van der Waals surface area contributed by atoms with Crippen LogP contribution in [-0.2, 0) is 14.4 Å². The van der Waals surface area contributed by atoms with Crippen molar-refractivity contribution < 1.29 is 34.1 Å². The average molecular weight is 679 g/mol. The van der Waals surface area contributed by atoms with Gasteiger partial charge in [0.1, 0.15) is 31.3 Å². The zero-order valence-corrected chi connectivity index (χ0v) is 29.7. The number of hydrogen-bond donors (Lipinski definition) is 2. The number of amides is 1. The fourth-order valence-electron chi connectivity index (χ4n) is 9.06. The molecule has 3 aliphatic carbocycles. The number of ether oxygens (including phenoxy) is 3. The first-order chi connectivity index (χ1) is 23.9. The zero-order chi connectivity index (χ0) is 34.8. The fraction of sp³-hybridized carbons (Fsp3) is 0.650. The van der Waals surface area contributed by atoms with Gasteiger partial charge in [0.05, 0.1) is 18.2 Å². The molecule has 1 heterocycles. The third-order valence-electron chi connectivity index (χ3n) is 11.3. The molecule has 0 unspecified atom stereocenters. The summed E-state index contributed by atoms with van der Waals surface area (Å²) in [5.41, 5.74) is 2.89. The van der Waals surface area contributed by atoms with E-state index in [1.807, 2.05) is 24.1 Å². The minimum absolute atomic E-state index is 0.0643. The van der Waals surface area contributed by atoms with Crippen LogP contribution >= 0.6 is 0 Å². The van der Waals surface area contributed by atoms with Gasteiger partial charge in [-0.25, -0.2) is 0 Å². The van der Waals surface area contributed by atoms with E-state index in [2.05, 4.69) is 30.5 Å². The number of rotatable bonds is 19. The molecule has 270 valence electrons. The number of carbonyl (C=O) groups is 1. The maximum Gasteiger partial charge on any atom is 0.239 e. The highest BCUT2D eigenvalue weighted by Crippen LogP contribution is 2.61. The molecular formula is C40H58N2O7. The molecule has 49 heavy (non-hydrogen) atoms. The van der Waals surface area contributed by atoms with Gasteiger partial charge in [0.15, 0.2) is 0 Å². The monoisotopic (exact) mass is 678 g/mol. The number of fused-ring (bicyclic) bond motifs is 2. The van der Waals surface area contributed by atoms with E-state index in [1.54, 1.807) is 19.3 Å². The summed E-state index contributed by atoms with van der Waals surface area (Å²) >= 11 is 0. The lowest BCUT2D eigenvalue weighted by atomic mass is 9.55. The lowest BCUT2D eigenvalue weighted by Gasteiger charge is -2.59. The van der Waals surface area contributed by atoms with Gasteiger partial charge in [0.25, 0.3) is 0 Å². The third-order valence-corrected chi connectivity index (χ3v) is 11.3. The van der Waals surface area contributed by atoms with Crippen molar-refractivity contribution in [2.75, 3.05) is 40.6 Å². The summed E-state index contributed by atoms with van der Waals surface area (Å²) in [7, 11) is 3.46. The summed E-state index contributed by atoms with van der Waals surface area (Å²) in [5.74, 6) is 0.932. The molecule has 2 fully saturated rings. The van der Waals surface area contributed by atoms with Gasteiger partial charge in [-0.3, -0.25) is 4.79 Å². The summed E-state index contributed by atoms with van der Waals surface area (Å²) in [4.78, 5) is 21.4. The van der Waals surface area contributed by atoms with Crippen molar-refractivity contribution in [3.63, 3.8) is 0 Å². The maximum absolute atomic E-state index is 14.1. The van der Waals surface area contributed by atoms with Crippen molar-refractivity contribution in [1.29, 1.82) is 0 Å². The number of unbranched alkanes of at least 4 members (excludes halogenated alkanes) is 2. The molecule has 4 aliphatic rings. The van der Waals surface area contributed by atoms with E-state index in [0.717, 1.165) is 73.3 Å². The van der Waals surface area contributed by atoms with Crippen molar-refractivity contribution in [2.24, 2.45) is 28.8 Å². The van der Waals surface area contributed by atoms with Crippen LogP contribution in [0.2, 0.25) is 0 Å². The van der Waals surface area contributed by atoms with Crippen LogP contribution in [-0.4, -0.2) is 79.1 Å². The van der Waals surface area contributed by atoms with Crippen molar-refractivity contribution in [3.8, 4) is 11.5 Å². The second-order valence-electron chi connectivity index (χ2n) is 14.2. The Morgan fingerprint density at radius 2 is 1.80 bits per heavy atom. The minimum Gasteiger partial charge on any atom is -0.490 e. The van der Waals surface area contributed by atoms with E-state index in [0.29, 0.717) is 25.4 Å². The number of oxime groups is 1. The average Bonchev–Trinajstić information content (AvgIpc) is 3.64. The molecule has 0 saturated heterocycles. The van der Waals surface area contributed by atoms with E-state index >= 15 is 0 Å². The van der Waals surface area contributed by atoms with Crippen LogP contribution in [0.3, 0.4) is 0 Å². The summed E-state index contributed by atoms with van der Waals surface area (Å²) < 4.78 is 20.1. The Kier molecular flexibility index (Phi) is 13.4. The summed E-state index contributed by atoms with van der Waals surface area (Å²) in [5, 5.41) is 24.1. The number of hydrogen-bond acceptors (Lipinski definition) is 8. The van der Waals surface area contributed by atoms with Crippen LogP contribution in [0.25, 0.3) is 0 Å². The van der Waals surface area contributed by atoms with E-state index in [4.69, 9.17) is 19.0 Å². The van der Waals surface area contributed by atoms with Crippen LogP contribution in [0.1, 0.15) is 95.0 Å². The number of nitrogens with zero attached hydrogens (tertiary/aromatic N) is 2. The quantitative estimate of drug-likeness (QED) is 0.0927. The van der Waals surface area contributed by atoms with Crippen LogP contribution < -0.4 is 9.47 Å². The third kappa shape index (κ3) is 8.10. The number of likely N-dealkylation sites (N-methyl/N-ethyl adjacent to an activating group) is 1. The normalized spacial score (nSPS) is 28.2. The van der Waals surface area contributed by atoms with Gasteiger partial charge in [0.2, 0.25) is 11.7 Å². The Labute approximate surface area is 293 Å². The van der Waals surface area contributed by atoms with Gasteiger partial charge in [-0.15, -0.1) is 6.58 Å². The van der Waals surface area contributed by atoms with Gasteiger partial charge in [0, 0.05) is 44.6 Å². The first-order valence-corrected chi connectivity index (χ1v) is 18.5. The van der Waals surface area contributed by atoms with Gasteiger partial charge in [-0.05, 0) is 73.6 Å². The molecule has 1 amide bonds. The molecule has 6 atom stereocenters. The molecule has 9 heteroatoms. The summed E-state index contributed by atoms with van der Waals surface area (Å²) in [6.45, 7) is 8.75. The number of carbonyl (C=O) groups excluding carboxylic acids is 1. The number of benzene rings is 1. The predicted molar refractivity (Wildman–Crippen MR) is 192 cm³/mol. The molecule has 9 nitrogen and oxygen atoms in total. The molecule has 1 aliphatic heterocycles. The predicted octanol–water partition coefficient (Wildman–Crippen LogP) is 6.94. The highest BCUT2D eigenvalue weighted by atomic mass is 16.7. The van der Waals surface area contributed by atoms with Crippen molar-refractivity contribution >= 4 is 11.6 Å². The standard InChI is InChI=1S/C40H58N2O7/c1-5-23-47-30-18-19-35-33(26-30)38-31(16-10-12-22-44)29(15-9-11-21-43)25-32-34(41-46-4)27-36(40(49-35,39(32)38)48-24-6-2)42(3)37(45)20-17-28-13-7-8-14-28/h5-6,18-19,25-26,28-29,31,36,38-39,43-44H,1-2,7-17,20-24,27H2,3-4H3/t29-,31+,36-,38+,39+,40+/m0/s1. The Morgan fingerprint density at radius 1 is 1.06 bits per heavy atom. The second-order valence-corrected chi connectivity index (χ2v) is 14.2. The first-order valence-electron chi connectivity index (χ1n) is 18.5. The lowest BCUT2D eigenvalue weighted by Crippen LogP contribution is -2.69. The van der Waals surface area contributed by atoms with Gasteiger partial charge in [-0.2, -0.15) is 0 Å². The van der Waals surface area contributed by atoms with E-state index in [1.165, 1.54) is 25.7 Å². The van der Waals surface area contributed by atoms with E-state index in [-0.39, 0.29) is 49.4 Å². The molecule has 2 saturated carbocycles. The van der Waals surface area contributed by atoms with Crippen molar-refractivity contribution in [2.45, 2.75) is 101 Å². The zero-order valence-electron chi connectivity index (χ0n) is 29.7. The molecule has 2 N–H and O–H groups in total. The van der Waals surface area contributed by atoms with Crippen molar-refractivity contribution in [3.05, 3.63) is 60.7 Å². The topological polar surface area (TPSA) is 110 Å². The first kappa shape index (κ1) is 37.1. The number of aliphatic hydroxyl groups excluding tert-OH is 2. The largest absolute Gasteiger partial charge is 0.490 e. The lowest BCUT2D eigenvalue weighted by molar-refractivity contribution is -0.255. The maximum atomic E-state index is 14.1. The van der Waals surface area contributed by atoms with Crippen LogP contribution in [0.5, 0.6) is 11.5 Å². The second kappa shape index (κ2) is 17.7. The highest BCUT2D eigenvalue weighted by Gasteiger charge is 2.65. The van der Waals surface area contributed by atoms with E-state index < -0.39 is 11.8 Å². The molecule has 1 aromatic rings. The highest BCUT2D eigenvalue weighted by molar-refractivity contribution is 6.03. The molecule has 5 rings (SSSR count). The van der Waals surface area contributed by atoms with Gasteiger partial charge in [-0.1, -0.05) is 68.5 Å². The summed E-state index contributed by atoms with van der Waals surface area (Å²) in [6, 6.07) is 5.52. The molecule has 0 spiro atoms. The molecule has 0 bridgehead atoms. The van der Waals surface area contributed by atoms with Crippen LogP contribution in [0.4, 0.5) is 0 Å². The number of allylic oxidation sites excluding steroid dienone is 1. The molecule has 0 aromatic heterocycles. The van der Waals surface area contributed by atoms with Crippen LogP contribution in [0.15, 0.2) is 60.3 Å². The Morgan fingerprint density at radius 3 is 2.49 bits per heavy atom. The Balaban J connectivity index is 1.67. The summed E-state index contributed by atoms with van der Waals surface area (Å²) in [6.07, 6.45) is 17.5. The minimum atomic E-state index is -1.21. The van der Waals surface area contributed by atoms with Crippen molar-refractivity contribution in [1.82, 2.24) is 4.90 Å². The molecular weight excluding hydrogens is 620 g/mol. The molecule has 0 radical (unpaired) electrons. The smallest absolute Gasteiger partial charge is 0.239 e. The number of aliphatic hydroxyl groups is 2. The van der Waals surface area contributed by atoms with Gasteiger partial charge >= 0.3 is 0 Å². The van der Waals surface area contributed by atoms with Gasteiger partial charge < -0.3 is 34.2 Å². The molecule has 1 aromatic carbocycles. The Hall–Kier alpha value is -3.14. The van der Waals surface area contributed by atoms with E-state index in [9.17, 15) is 15.0 Å². The van der Waals surface area contributed by atoms with Crippen LogP contribution in [0, 0.1) is 23.7 Å². The fourth-order valence-corrected chi connectivity index (χ4v) is 9.06. The Bertz CT molecular complexity index is 1340.